The van der Waals surface area contributed by atoms with E-state index in [1.165, 1.54) is 178 Å². The fourth-order valence-corrected chi connectivity index (χ4v) is 17.4. The molecule has 1 aromatic heterocycles. The minimum Gasteiger partial charge on any atom is -0.334 e. The van der Waals surface area contributed by atoms with Gasteiger partial charge in [-0.1, -0.05) is 144 Å². The highest BCUT2D eigenvalue weighted by atomic mass is 32.1. The average molecular weight is 1030 g/mol. The zero-order valence-corrected chi connectivity index (χ0v) is 49.8. The molecule has 2 atom stereocenters. The van der Waals surface area contributed by atoms with Crippen molar-refractivity contribution >= 4 is 100 Å². The second-order valence-electron chi connectivity index (χ2n) is 29.1. The van der Waals surface area contributed by atoms with E-state index in [0.29, 0.717) is 0 Å². The molecule has 0 radical (unpaired) electrons. The second kappa shape index (κ2) is 16.0. The van der Waals surface area contributed by atoms with Crippen molar-refractivity contribution in [1.82, 2.24) is 0 Å². The van der Waals surface area contributed by atoms with Crippen LogP contribution in [0.2, 0.25) is 0 Å². The molecule has 392 valence electrons. The highest BCUT2D eigenvalue weighted by Crippen LogP contribution is 2.62. The van der Waals surface area contributed by atoms with Crippen LogP contribution in [-0.2, 0) is 32.5 Å². The Labute approximate surface area is 465 Å². The topological polar surface area (TPSA) is 9.72 Å². The van der Waals surface area contributed by atoms with E-state index in [0.717, 1.165) is 0 Å². The van der Waals surface area contributed by atoms with Crippen LogP contribution in [0.4, 0.5) is 45.5 Å². The summed E-state index contributed by atoms with van der Waals surface area (Å²) in [6, 6.07) is 47.4. The first-order chi connectivity index (χ1) is 36.3. The lowest BCUT2D eigenvalue weighted by molar-refractivity contribution is 0.195. The van der Waals surface area contributed by atoms with Crippen molar-refractivity contribution in [3.05, 3.63) is 160 Å². The van der Waals surface area contributed by atoms with E-state index in [-0.39, 0.29) is 44.7 Å². The molecule has 3 nitrogen and oxygen atoms in total. The van der Waals surface area contributed by atoms with Gasteiger partial charge in [0, 0.05) is 71.1 Å². The first-order valence-corrected chi connectivity index (χ1v) is 30.2. The van der Waals surface area contributed by atoms with Gasteiger partial charge < -0.3 is 14.7 Å². The van der Waals surface area contributed by atoms with Crippen LogP contribution in [0.15, 0.2) is 115 Å². The fourth-order valence-electron chi connectivity index (χ4n) is 16.3. The monoisotopic (exact) mass is 1030 g/mol. The number of benzene rings is 7. The van der Waals surface area contributed by atoms with Gasteiger partial charge in [-0.25, -0.2) is 0 Å². The molecule has 5 heteroatoms. The van der Waals surface area contributed by atoms with Crippen LogP contribution in [0.5, 0.6) is 0 Å². The predicted octanol–water partition coefficient (Wildman–Crippen LogP) is 18.5. The van der Waals surface area contributed by atoms with Crippen molar-refractivity contribution in [2.45, 2.75) is 193 Å². The minimum atomic E-state index is -0.0822. The summed E-state index contributed by atoms with van der Waals surface area (Å²) in [7, 11) is 0. The molecule has 0 spiro atoms. The van der Waals surface area contributed by atoms with Crippen LogP contribution >= 0.6 is 11.3 Å². The maximum absolute atomic E-state index is 2.83. The third-order valence-corrected chi connectivity index (χ3v) is 22.6. The van der Waals surface area contributed by atoms with Crippen molar-refractivity contribution in [1.29, 1.82) is 0 Å². The van der Waals surface area contributed by atoms with Crippen molar-refractivity contribution in [2.24, 2.45) is 0 Å². The maximum atomic E-state index is 2.83. The summed E-state index contributed by atoms with van der Waals surface area (Å²) in [5.41, 5.74) is 26.6. The SMILES string of the molecule is Cc1cc2c3c(c1)N(c1cc4c(cc1C)C(C)(C)CCC4(C)C)c1cc(N4c5ccc(C(C)(C)C)cc5C5(C)CCCCC45C)ccc1B3c1cc3c(cc1N2c1ccc2sc4ccccc4c2c1)C(C)(C)CCC3(C)C. The summed E-state index contributed by atoms with van der Waals surface area (Å²) in [4.78, 5) is 8.29. The highest BCUT2D eigenvalue weighted by molar-refractivity contribution is 7.25. The highest BCUT2D eigenvalue weighted by Gasteiger charge is 2.58. The molecule has 1 fully saturated rings. The normalized spacial score (nSPS) is 23.0. The van der Waals surface area contributed by atoms with Crippen LogP contribution in [-0.4, -0.2) is 12.3 Å². The summed E-state index contributed by atoms with van der Waals surface area (Å²) < 4.78 is 2.68. The van der Waals surface area contributed by atoms with Gasteiger partial charge in [0.25, 0.3) is 6.71 Å². The molecule has 0 amide bonds. The smallest absolute Gasteiger partial charge is 0.252 e. The van der Waals surface area contributed by atoms with Gasteiger partial charge in [-0.3, -0.25) is 0 Å². The molecule has 4 heterocycles. The van der Waals surface area contributed by atoms with E-state index in [1.807, 2.05) is 11.3 Å². The van der Waals surface area contributed by atoms with Crippen LogP contribution in [0.1, 0.15) is 186 Å². The van der Waals surface area contributed by atoms with E-state index in [2.05, 4.69) is 234 Å². The largest absolute Gasteiger partial charge is 0.334 e. The molecule has 14 rings (SSSR count). The zero-order chi connectivity index (χ0) is 53.9. The number of hydrogen-bond donors (Lipinski definition) is 0. The first kappa shape index (κ1) is 49.5. The molecule has 2 unspecified atom stereocenters. The van der Waals surface area contributed by atoms with E-state index < -0.39 is 0 Å². The Balaban J connectivity index is 1.08. The number of aryl methyl sites for hydroxylation is 2. The van der Waals surface area contributed by atoms with Crippen molar-refractivity contribution in [3.8, 4) is 0 Å². The van der Waals surface area contributed by atoms with Gasteiger partial charge in [0.2, 0.25) is 0 Å². The molecule has 77 heavy (non-hydrogen) atoms. The molecule has 0 N–H and O–H groups in total. The lowest BCUT2D eigenvalue weighted by Crippen LogP contribution is -2.62. The van der Waals surface area contributed by atoms with Crippen molar-refractivity contribution < 1.29 is 0 Å². The van der Waals surface area contributed by atoms with Crippen molar-refractivity contribution in [3.63, 3.8) is 0 Å². The summed E-state index contributed by atoms with van der Waals surface area (Å²) >= 11 is 1.91. The van der Waals surface area contributed by atoms with Gasteiger partial charge in [-0.05, 0) is 214 Å². The van der Waals surface area contributed by atoms with E-state index >= 15 is 0 Å². The van der Waals surface area contributed by atoms with Gasteiger partial charge in [0.15, 0.2) is 0 Å². The number of hydrogen-bond acceptors (Lipinski definition) is 4. The number of rotatable bonds is 3. The molecule has 0 saturated heterocycles. The summed E-state index contributed by atoms with van der Waals surface area (Å²) in [6.45, 7) is 37.1. The third-order valence-electron chi connectivity index (χ3n) is 21.4. The first-order valence-electron chi connectivity index (χ1n) is 29.4. The summed E-state index contributed by atoms with van der Waals surface area (Å²) in [5, 5.41) is 2.68. The number of nitrogens with zero attached hydrogens (tertiary/aromatic N) is 3. The Hall–Kier alpha value is -5.78. The van der Waals surface area contributed by atoms with E-state index in [1.54, 1.807) is 0 Å². The summed E-state index contributed by atoms with van der Waals surface area (Å²) in [5.74, 6) is 0. The number of thiophene rings is 1. The Bertz CT molecular complexity index is 3860. The molecule has 7 aromatic carbocycles. The van der Waals surface area contributed by atoms with E-state index in [9.17, 15) is 0 Å². The average Bonchev–Trinajstić information content (AvgIpc) is 3.92. The summed E-state index contributed by atoms with van der Waals surface area (Å²) in [6.07, 6.45) is 9.61. The lowest BCUT2D eigenvalue weighted by atomic mass is 9.33. The molecule has 3 aliphatic carbocycles. The van der Waals surface area contributed by atoms with Crippen molar-refractivity contribution in [2.75, 3.05) is 14.7 Å². The Kier molecular flexibility index (Phi) is 10.3. The molecule has 6 aliphatic rings. The molecule has 0 bridgehead atoms. The quantitative estimate of drug-likeness (QED) is 0.163. The van der Waals surface area contributed by atoms with Crippen LogP contribution in [0, 0.1) is 13.8 Å². The standard InChI is InChI=1S/C72H80BN3S/c1-43-34-61-65-62(35-43)75(58-41-52-50(36-44(58)2)67(6,7)30-32-69(52,10)11)59-39-47(76-57-26-22-45(66(3,4)5)37-54(57)71(14)28-18-19-29-72(71,76)15)23-25-55(59)73(65)56-40-51-53(70(12,13)33-31-68(51,8)9)42-60(56)74(61)46-24-27-64-49(38-46)48-20-16-17-21-63(48)77-64/h16-17,20-27,34-42H,18-19,28-33H2,1-15H3. The second-order valence-corrected chi connectivity index (χ2v) is 30.2. The Morgan fingerprint density at radius 3 is 1.73 bits per heavy atom. The molecular weight excluding hydrogens is 950 g/mol. The van der Waals surface area contributed by atoms with Gasteiger partial charge in [-0.2, -0.15) is 0 Å². The third kappa shape index (κ3) is 6.86. The maximum Gasteiger partial charge on any atom is 0.252 e. The van der Waals surface area contributed by atoms with Crippen LogP contribution < -0.4 is 31.1 Å². The predicted molar refractivity (Wildman–Crippen MR) is 335 cm³/mol. The molecule has 8 aromatic rings. The van der Waals surface area contributed by atoms with Gasteiger partial charge in [-0.15, -0.1) is 11.3 Å². The molecule has 3 aliphatic heterocycles. The van der Waals surface area contributed by atoms with Crippen LogP contribution in [0.25, 0.3) is 20.2 Å². The van der Waals surface area contributed by atoms with Gasteiger partial charge >= 0.3 is 0 Å². The Morgan fingerprint density at radius 1 is 0.455 bits per heavy atom. The van der Waals surface area contributed by atoms with Gasteiger partial charge in [0.05, 0.1) is 5.54 Å². The minimum absolute atomic E-state index is 0.0211. The lowest BCUT2D eigenvalue weighted by Gasteiger charge is -2.51. The zero-order valence-electron chi connectivity index (χ0n) is 49.0. The van der Waals surface area contributed by atoms with Crippen LogP contribution in [0.3, 0.4) is 0 Å². The number of fused-ring (bicyclic) bond motifs is 12. The number of anilines is 8. The fraction of sp³-hybridized carbons (Fsp3) is 0.417. The Morgan fingerprint density at radius 2 is 1.04 bits per heavy atom. The van der Waals surface area contributed by atoms with E-state index in [4.69, 9.17) is 0 Å². The molecule has 1 saturated carbocycles. The van der Waals surface area contributed by atoms with Gasteiger partial charge in [0.1, 0.15) is 0 Å². The molecular formula is C72H80BN3S.